The van der Waals surface area contributed by atoms with Gasteiger partial charge in [0.1, 0.15) is 5.41 Å². The molecule has 0 aromatic rings. The Kier molecular flexibility index (Phi) is 3.90. The molecule has 0 spiro atoms. The summed E-state index contributed by atoms with van der Waals surface area (Å²) in [5.41, 5.74) is -1.20. The molecule has 102 valence electrons. The summed E-state index contributed by atoms with van der Waals surface area (Å²) in [6.45, 7) is 0.163. The van der Waals surface area contributed by atoms with Gasteiger partial charge in [0.05, 0.1) is 6.61 Å². The Morgan fingerprint density at radius 2 is 1.78 bits per heavy atom. The minimum atomic E-state index is -1.20. The average Bonchev–Trinajstić information content (AvgIpc) is 2.76. The largest absolute Gasteiger partial charge is 0.480 e. The van der Waals surface area contributed by atoms with Crippen LogP contribution in [-0.2, 0) is 9.59 Å². The van der Waals surface area contributed by atoms with E-state index < -0.39 is 11.4 Å². The van der Waals surface area contributed by atoms with Crippen LogP contribution >= 0.6 is 0 Å². The van der Waals surface area contributed by atoms with Crippen molar-refractivity contribution in [3.05, 3.63) is 0 Å². The van der Waals surface area contributed by atoms with Crippen molar-refractivity contribution >= 4 is 11.9 Å². The Bertz CT molecular complexity index is 332. The van der Waals surface area contributed by atoms with Crippen molar-refractivity contribution in [2.75, 3.05) is 13.2 Å². The summed E-state index contributed by atoms with van der Waals surface area (Å²) in [5.74, 6) is -1.28. The lowest BCUT2D eigenvalue weighted by molar-refractivity contribution is -0.169. The van der Waals surface area contributed by atoms with E-state index in [0.29, 0.717) is 12.8 Å². The highest BCUT2D eigenvalue weighted by atomic mass is 16.4. The number of hydrogen-bond acceptors (Lipinski definition) is 3. The van der Waals surface area contributed by atoms with E-state index in [2.05, 4.69) is 0 Å². The zero-order chi connectivity index (χ0) is 13.2. The minimum absolute atomic E-state index is 0.0993. The van der Waals surface area contributed by atoms with Crippen molar-refractivity contribution in [1.82, 2.24) is 4.90 Å². The van der Waals surface area contributed by atoms with Crippen molar-refractivity contribution in [2.45, 2.75) is 51.0 Å². The van der Waals surface area contributed by atoms with Crippen LogP contribution in [0.2, 0.25) is 0 Å². The molecule has 5 heteroatoms. The van der Waals surface area contributed by atoms with Gasteiger partial charge >= 0.3 is 5.97 Å². The number of aliphatic carboxylic acids is 1. The molecule has 0 aliphatic heterocycles. The van der Waals surface area contributed by atoms with E-state index in [-0.39, 0.29) is 25.1 Å². The first kappa shape index (κ1) is 13.3. The number of carboxylic acid groups (broad SMARTS) is 1. The molecule has 0 atom stereocenters. The maximum atomic E-state index is 12.5. The molecule has 0 bridgehead atoms. The third-order valence-electron chi connectivity index (χ3n) is 4.39. The summed E-state index contributed by atoms with van der Waals surface area (Å²) in [4.78, 5) is 25.5. The monoisotopic (exact) mass is 255 g/mol. The number of carbonyl (C=O) groups excluding carboxylic acids is 1. The molecule has 0 saturated heterocycles. The van der Waals surface area contributed by atoms with Crippen molar-refractivity contribution in [2.24, 2.45) is 5.41 Å². The van der Waals surface area contributed by atoms with Crippen molar-refractivity contribution in [1.29, 1.82) is 0 Å². The lowest BCUT2D eigenvalue weighted by Crippen LogP contribution is -2.55. The molecule has 0 radical (unpaired) electrons. The van der Waals surface area contributed by atoms with Gasteiger partial charge in [-0.05, 0) is 25.7 Å². The molecule has 2 N–H and O–H groups in total. The minimum Gasteiger partial charge on any atom is -0.480 e. The second-order valence-corrected chi connectivity index (χ2v) is 5.40. The number of aliphatic hydroxyl groups excluding tert-OH is 1. The standard InChI is InChI=1S/C13H21NO4/c15-9-8-14(10-4-1-2-5-10)11(16)13(12(17)18)6-3-7-13/h10,15H,1-9H2,(H,17,18). The highest BCUT2D eigenvalue weighted by Crippen LogP contribution is 2.43. The van der Waals surface area contributed by atoms with E-state index in [1.54, 1.807) is 4.90 Å². The number of amides is 1. The molecule has 0 heterocycles. The lowest BCUT2D eigenvalue weighted by Gasteiger charge is -2.42. The number of hydrogen-bond donors (Lipinski definition) is 2. The Morgan fingerprint density at radius 3 is 2.17 bits per heavy atom. The average molecular weight is 255 g/mol. The van der Waals surface area contributed by atoms with E-state index >= 15 is 0 Å². The van der Waals surface area contributed by atoms with E-state index in [1.807, 2.05) is 0 Å². The van der Waals surface area contributed by atoms with Gasteiger partial charge in [-0.15, -0.1) is 0 Å². The molecule has 1 amide bonds. The van der Waals surface area contributed by atoms with Crippen LogP contribution in [0.4, 0.5) is 0 Å². The van der Waals surface area contributed by atoms with E-state index in [0.717, 1.165) is 32.1 Å². The molecule has 0 aromatic heterocycles. The summed E-state index contributed by atoms with van der Waals surface area (Å²) in [6, 6.07) is 0.126. The Morgan fingerprint density at radius 1 is 1.17 bits per heavy atom. The summed E-state index contributed by atoms with van der Waals surface area (Å²) >= 11 is 0. The van der Waals surface area contributed by atoms with Gasteiger partial charge in [0.15, 0.2) is 0 Å². The molecule has 2 aliphatic rings. The number of aliphatic hydroxyl groups is 1. The highest BCUT2D eigenvalue weighted by molar-refractivity contribution is 6.03. The lowest BCUT2D eigenvalue weighted by atomic mass is 9.67. The summed E-state index contributed by atoms with van der Waals surface area (Å²) < 4.78 is 0. The van der Waals surface area contributed by atoms with Crippen LogP contribution in [0.15, 0.2) is 0 Å². The maximum Gasteiger partial charge on any atom is 0.319 e. The number of rotatable bonds is 5. The third-order valence-corrected chi connectivity index (χ3v) is 4.39. The molecule has 2 saturated carbocycles. The van der Waals surface area contributed by atoms with Gasteiger partial charge in [-0.2, -0.15) is 0 Å². The van der Waals surface area contributed by atoms with Crippen molar-refractivity contribution < 1.29 is 19.8 Å². The summed E-state index contributed by atoms with van der Waals surface area (Å²) in [6.07, 6.45) is 5.71. The van der Waals surface area contributed by atoms with Gasteiger partial charge in [0.25, 0.3) is 0 Å². The fourth-order valence-electron chi connectivity index (χ4n) is 3.10. The molecular weight excluding hydrogens is 234 g/mol. The van der Waals surface area contributed by atoms with E-state index in [4.69, 9.17) is 5.11 Å². The fourth-order valence-corrected chi connectivity index (χ4v) is 3.10. The molecular formula is C13H21NO4. The maximum absolute atomic E-state index is 12.5. The Labute approximate surface area is 107 Å². The quantitative estimate of drug-likeness (QED) is 0.719. The molecule has 0 unspecified atom stereocenters. The second-order valence-electron chi connectivity index (χ2n) is 5.40. The second kappa shape index (κ2) is 5.26. The smallest absolute Gasteiger partial charge is 0.319 e. The van der Waals surface area contributed by atoms with Crippen LogP contribution in [0.25, 0.3) is 0 Å². The molecule has 2 fully saturated rings. The zero-order valence-electron chi connectivity index (χ0n) is 10.6. The molecule has 5 nitrogen and oxygen atoms in total. The molecule has 2 aliphatic carbocycles. The normalized spacial score (nSPS) is 22.5. The van der Waals surface area contributed by atoms with E-state index in [1.165, 1.54) is 0 Å². The SMILES string of the molecule is O=C(O)C1(C(=O)N(CCO)C2CCCC2)CCC1. The van der Waals surface area contributed by atoms with Gasteiger partial charge in [0, 0.05) is 12.6 Å². The van der Waals surface area contributed by atoms with Gasteiger partial charge < -0.3 is 15.1 Å². The predicted octanol–water partition coefficient (Wildman–Crippen LogP) is 1.00. The van der Waals surface area contributed by atoms with Crippen LogP contribution in [0, 0.1) is 5.41 Å². The van der Waals surface area contributed by atoms with Crippen LogP contribution in [-0.4, -0.2) is 46.2 Å². The number of carbonyl (C=O) groups is 2. The first-order chi connectivity index (χ1) is 8.62. The van der Waals surface area contributed by atoms with Crippen LogP contribution in [0.1, 0.15) is 44.9 Å². The Balaban J connectivity index is 2.14. The van der Waals surface area contributed by atoms with Crippen LogP contribution < -0.4 is 0 Å². The number of carboxylic acids is 1. The third kappa shape index (κ3) is 2.11. The molecule has 2 rings (SSSR count). The van der Waals surface area contributed by atoms with Gasteiger partial charge in [0.2, 0.25) is 5.91 Å². The van der Waals surface area contributed by atoms with Gasteiger partial charge in [-0.1, -0.05) is 19.3 Å². The Hall–Kier alpha value is -1.10. The van der Waals surface area contributed by atoms with Crippen LogP contribution in [0.5, 0.6) is 0 Å². The van der Waals surface area contributed by atoms with E-state index in [9.17, 15) is 14.7 Å². The van der Waals surface area contributed by atoms with Gasteiger partial charge in [-0.25, -0.2) is 0 Å². The fraction of sp³-hybridized carbons (Fsp3) is 0.846. The first-order valence-electron chi connectivity index (χ1n) is 6.77. The molecule has 0 aromatic carbocycles. The predicted molar refractivity (Wildman–Crippen MR) is 65.0 cm³/mol. The summed E-state index contributed by atoms with van der Waals surface area (Å²) in [7, 11) is 0. The zero-order valence-corrected chi connectivity index (χ0v) is 10.6. The van der Waals surface area contributed by atoms with Crippen molar-refractivity contribution in [3.8, 4) is 0 Å². The summed E-state index contributed by atoms with van der Waals surface area (Å²) in [5, 5.41) is 18.4. The topological polar surface area (TPSA) is 77.8 Å². The van der Waals surface area contributed by atoms with Crippen LogP contribution in [0.3, 0.4) is 0 Å². The number of nitrogens with zero attached hydrogens (tertiary/aromatic N) is 1. The highest BCUT2D eigenvalue weighted by Gasteiger charge is 2.53. The molecule has 18 heavy (non-hydrogen) atoms. The first-order valence-corrected chi connectivity index (χ1v) is 6.77. The van der Waals surface area contributed by atoms with Gasteiger partial charge in [-0.3, -0.25) is 9.59 Å². The van der Waals surface area contributed by atoms with Crippen molar-refractivity contribution in [3.63, 3.8) is 0 Å².